The predicted molar refractivity (Wildman–Crippen MR) is 142 cm³/mol. The summed E-state index contributed by atoms with van der Waals surface area (Å²) in [4.78, 5) is 17.6. The lowest BCUT2D eigenvalue weighted by atomic mass is 9.84. The average molecular weight is 471 g/mol. The highest BCUT2D eigenvalue weighted by molar-refractivity contribution is 5.83. The zero-order valence-electron chi connectivity index (χ0n) is 20.9. The SMILES string of the molecule is C[C@@](C(=O)O)(C1=CC=CCC1)N1C[C@H](CN2CCC(c3ccccc3)CC2)[C@@H](c2ccccc2)C1. The van der Waals surface area contributed by atoms with E-state index in [-0.39, 0.29) is 0 Å². The van der Waals surface area contributed by atoms with Crippen LogP contribution < -0.4 is 0 Å². The molecule has 2 aromatic carbocycles. The third-order valence-corrected chi connectivity index (χ3v) is 8.71. The van der Waals surface area contributed by atoms with E-state index in [9.17, 15) is 9.90 Å². The first-order valence-corrected chi connectivity index (χ1v) is 13.2. The first-order chi connectivity index (χ1) is 17.1. The van der Waals surface area contributed by atoms with E-state index in [1.54, 1.807) is 0 Å². The lowest BCUT2D eigenvalue weighted by Crippen LogP contribution is -2.53. The maximum Gasteiger partial charge on any atom is 0.328 e. The number of carbonyl (C=O) groups is 1. The molecule has 35 heavy (non-hydrogen) atoms. The van der Waals surface area contributed by atoms with E-state index in [0.717, 1.165) is 51.1 Å². The summed E-state index contributed by atoms with van der Waals surface area (Å²) in [6.45, 7) is 6.80. The number of rotatable bonds is 7. The largest absolute Gasteiger partial charge is 0.480 e. The van der Waals surface area contributed by atoms with E-state index in [0.29, 0.717) is 17.8 Å². The van der Waals surface area contributed by atoms with Crippen LogP contribution >= 0.6 is 0 Å². The fraction of sp³-hybridized carbons (Fsp3) is 0.452. The molecule has 0 aromatic heterocycles. The molecule has 184 valence electrons. The first-order valence-electron chi connectivity index (χ1n) is 13.2. The van der Waals surface area contributed by atoms with Gasteiger partial charge >= 0.3 is 5.97 Å². The molecule has 0 bridgehead atoms. The summed E-state index contributed by atoms with van der Waals surface area (Å²) in [5, 5.41) is 10.4. The molecule has 1 aliphatic carbocycles. The van der Waals surface area contributed by atoms with Crippen molar-refractivity contribution in [1.82, 2.24) is 9.80 Å². The molecule has 1 N–H and O–H groups in total. The monoisotopic (exact) mass is 470 g/mol. The Morgan fingerprint density at radius 2 is 1.63 bits per heavy atom. The molecular weight excluding hydrogens is 432 g/mol. The second-order valence-electron chi connectivity index (χ2n) is 10.7. The van der Waals surface area contributed by atoms with Crippen molar-refractivity contribution in [1.29, 1.82) is 0 Å². The van der Waals surface area contributed by atoms with E-state index in [1.807, 2.05) is 19.1 Å². The smallest absolute Gasteiger partial charge is 0.328 e. The maximum absolute atomic E-state index is 12.7. The van der Waals surface area contributed by atoms with E-state index in [4.69, 9.17) is 0 Å². The molecule has 0 radical (unpaired) electrons. The number of benzene rings is 2. The quantitative estimate of drug-likeness (QED) is 0.564. The Labute approximate surface area is 210 Å². The second-order valence-corrected chi connectivity index (χ2v) is 10.7. The molecule has 3 atom stereocenters. The van der Waals surface area contributed by atoms with Gasteiger partial charge in [-0.25, -0.2) is 4.79 Å². The van der Waals surface area contributed by atoms with Crippen LogP contribution in [0.1, 0.15) is 55.6 Å². The Balaban J connectivity index is 1.33. The third kappa shape index (κ3) is 5.00. The molecule has 4 nitrogen and oxygen atoms in total. The van der Waals surface area contributed by atoms with Crippen LogP contribution in [0.4, 0.5) is 0 Å². The van der Waals surface area contributed by atoms with Crippen molar-refractivity contribution in [3.8, 4) is 0 Å². The Hall–Kier alpha value is -2.69. The number of carboxylic acid groups (broad SMARTS) is 1. The minimum atomic E-state index is -0.952. The van der Waals surface area contributed by atoms with Gasteiger partial charge in [0.15, 0.2) is 0 Å². The topological polar surface area (TPSA) is 43.8 Å². The van der Waals surface area contributed by atoms with Crippen molar-refractivity contribution in [2.75, 3.05) is 32.7 Å². The van der Waals surface area contributed by atoms with Crippen LogP contribution in [0, 0.1) is 5.92 Å². The lowest BCUT2D eigenvalue weighted by molar-refractivity contribution is -0.147. The Bertz CT molecular complexity index is 1060. The van der Waals surface area contributed by atoms with E-state index >= 15 is 0 Å². The summed E-state index contributed by atoms with van der Waals surface area (Å²) >= 11 is 0. The number of carboxylic acids is 1. The number of hydrogen-bond donors (Lipinski definition) is 1. The van der Waals surface area contributed by atoms with Crippen molar-refractivity contribution >= 4 is 5.97 Å². The number of nitrogens with zero attached hydrogens (tertiary/aromatic N) is 2. The van der Waals surface area contributed by atoms with Crippen molar-refractivity contribution in [3.63, 3.8) is 0 Å². The van der Waals surface area contributed by atoms with E-state index < -0.39 is 11.5 Å². The summed E-state index contributed by atoms with van der Waals surface area (Å²) in [5.41, 5.74) is 2.88. The Morgan fingerprint density at radius 1 is 0.971 bits per heavy atom. The number of likely N-dealkylation sites (tertiary alicyclic amines) is 2. The molecular formula is C31H38N2O2. The van der Waals surface area contributed by atoms with Crippen LogP contribution in [0.3, 0.4) is 0 Å². The molecule has 4 heteroatoms. The van der Waals surface area contributed by atoms with Crippen molar-refractivity contribution in [3.05, 3.63) is 95.6 Å². The fourth-order valence-electron chi connectivity index (χ4n) is 6.49. The lowest BCUT2D eigenvalue weighted by Gasteiger charge is -2.38. The Morgan fingerprint density at radius 3 is 2.23 bits per heavy atom. The molecule has 2 heterocycles. The fourth-order valence-corrected chi connectivity index (χ4v) is 6.49. The van der Waals surface area contributed by atoms with Crippen LogP contribution in [-0.4, -0.2) is 59.1 Å². The van der Waals surface area contributed by atoms with Gasteiger partial charge in [0.2, 0.25) is 0 Å². The Kier molecular flexibility index (Phi) is 7.22. The van der Waals surface area contributed by atoms with Gasteiger partial charge in [-0.15, -0.1) is 0 Å². The number of allylic oxidation sites excluding steroid dienone is 3. The predicted octanol–water partition coefficient (Wildman–Crippen LogP) is 5.70. The number of piperidine rings is 1. The van der Waals surface area contributed by atoms with E-state index in [1.165, 1.54) is 24.0 Å². The van der Waals surface area contributed by atoms with Gasteiger partial charge in [-0.05, 0) is 74.2 Å². The minimum Gasteiger partial charge on any atom is -0.480 e. The molecule has 3 aliphatic rings. The van der Waals surface area contributed by atoms with Gasteiger partial charge in [0.05, 0.1) is 0 Å². The highest BCUT2D eigenvalue weighted by Gasteiger charge is 2.49. The molecule has 2 aromatic rings. The number of aliphatic carboxylic acids is 1. The highest BCUT2D eigenvalue weighted by Crippen LogP contribution is 2.41. The van der Waals surface area contributed by atoms with Crippen LogP contribution in [-0.2, 0) is 4.79 Å². The molecule has 5 rings (SSSR count). The van der Waals surface area contributed by atoms with Crippen LogP contribution in [0.5, 0.6) is 0 Å². The van der Waals surface area contributed by atoms with Crippen molar-refractivity contribution in [2.24, 2.45) is 5.92 Å². The third-order valence-electron chi connectivity index (χ3n) is 8.71. The molecule has 2 saturated heterocycles. The molecule has 0 amide bonds. The zero-order valence-corrected chi connectivity index (χ0v) is 20.9. The molecule has 0 spiro atoms. The van der Waals surface area contributed by atoms with Gasteiger partial charge in [-0.2, -0.15) is 0 Å². The molecule has 2 aliphatic heterocycles. The first kappa shape index (κ1) is 24.0. The van der Waals surface area contributed by atoms with Gasteiger partial charge in [0.1, 0.15) is 5.54 Å². The highest BCUT2D eigenvalue weighted by atomic mass is 16.4. The summed E-state index contributed by atoms with van der Waals surface area (Å²) < 4.78 is 0. The zero-order chi connectivity index (χ0) is 24.3. The normalized spacial score (nSPS) is 25.8. The summed E-state index contributed by atoms with van der Waals surface area (Å²) in [6, 6.07) is 21.7. The van der Waals surface area contributed by atoms with Gasteiger partial charge in [0, 0.05) is 25.6 Å². The second kappa shape index (κ2) is 10.5. The van der Waals surface area contributed by atoms with E-state index in [2.05, 4.69) is 76.5 Å². The average Bonchev–Trinajstić information content (AvgIpc) is 3.34. The van der Waals surface area contributed by atoms with Gasteiger partial charge in [0.25, 0.3) is 0 Å². The number of hydrogen-bond acceptors (Lipinski definition) is 3. The van der Waals surface area contributed by atoms with Gasteiger partial charge < -0.3 is 10.0 Å². The van der Waals surface area contributed by atoms with Crippen LogP contribution in [0.2, 0.25) is 0 Å². The van der Waals surface area contributed by atoms with Crippen LogP contribution in [0.25, 0.3) is 0 Å². The molecule has 0 unspecified atom stereocenters. The molecule has 2 fully saturated rings. The minimum absolute atomic E-state index is 0.349. The summed E-state index contributed by atoms with van der Waals surface area (Å²) in [6.07, 6.45) is 10.3. The van der Waals surface area contributed by atoms with Crippen LogP contribution in [0.15, 0.2) is 84.5 Å². The molecule has 0 saturated carbocycles. The standard InChI is InChI=1S/C31H38N2O2/c1-31(30(34)35,28-15-9-4-10-16-28)33-22-27(29(23-33)26-13-7-3-8-14-26)21-32-19-17-25(18-20-32)24-11-5-2-6-12-24/h2-9,11-15,25,27,29H,10,16-23H2,1H3,(H,34,35)/t27-,29+,31-/m0/s1. The van der Waals surface area contributed by atoms with Crippen molar-refractivity contribution < 1.29 is 9.90 Å². The maximum atomic E-state index is 12.7. The summed E-state index contributed by atoms with van der Waals surface area (Å²) in [7, 11) is 0. The summed E-state index contributed by atoms with van der Waals surface area (Å²) in [5.74, 6) is 0.694. The van der Waals surface area contributed by atoms with Gasteiger partial charge in [-0.1, -0.05) is 78.9 Å². The van der Waals surface area contributed by atoms with Crippen molar-refractivity contribution in [2.45, 2.75) is 50.0 Å². The van der Waals surface area contributed by atoms with Gasteiger partial charge in [-0.3, -0.25) is 4.90 Å².